The zero-order chi connectivity index (χ0) is 26.7. The van der Waals surface area contributed by atoms with E-state index in [2.05, 4.69) is 5.32 Å². The fourth-order valence-corrected chi connectivity index (χ4v) is 6.04. The van der Waals surface area contributed by atoms with Crippen LogP contribution in [0.1, 0.15) is 36.9 Å². The Hall–Kier alpha value is -3.07. The highest BCUT2D eigenvalue weighted by molar-refractivity contribution is 7.18. The SMILES string of the molecule is CC1CN(C(=O)/C=C/c2cc3ccsc3c(Cl)c2Cl)CCC1C(=O)N[C@H](CC(=O)O)c1ccc(O)cc1. The number of carbonyl (C=O) groups is 3. The van der Waals surface area contributed by atoms with E-state index in [1.54, 1.807) is 23.1 Å². The van der Waals surface area contributed by atoms with Crippen molar-refractivity contribution in [3.8, 4) is 5.75 Å². The number of thiophene rings is 1. The molecule has 0 aliphatic carbocycles. The summed E-state index contributed by atoms with van der Waals surface area (Å²) in [6.07, 6.45) is 3.30. The Kier molecular flexibility index (Phi) is 8.42. The molecule has 2 heterocycles. The second kappa shape index (κ2) is 11.5. The average Bonchev–Trinajstić information content (AvgIpc) is 3.33. The standard InChI is InChI=1S/C27H26Cl2N2O5S/c1-15-14-31(22(33)7-4-17-12-18-9-11-37-26(18)25(29)24(17)28)10-8-20(15)27(36)30-21(13-23(34)35)16-2-5-19(32)6-3-16/h2-7,9,11-12,15,20-21,32H,8,10,13-14H2,1H3,(H,30,36)(H,34,35)/b7-4+/t15?,20?,21-/m1/s1. The third-order valence-corrected chi connectivity index (χ3v) is 8.54. The van der Waals surface area contributed by atoms with Gasteiger partial charge >= 0.3 is 5.97 Å². The number of fused-ring (bicyclic) bond motifs is 1. The molecule has 3 N–H and O–H groups in total. The number of rotatable bonds is 7. The maximum absolute atomic E-state index is 13.1. The van der Waals surface area contributed by atoms with Crippen molar-refractivity contribution in [2.24, 2.45) is 11.8 Å². The van der Waals surface area contributed by atoms with E-state index in [4.69, 9.17) is 23.2 Å². The first kappa shape index (κ1) is 27.0. The third kappa shape index (κ3) is 6.26. The quantitative estimate of drug-likeness (QED) is 0.319. The number of likely N-dealkylation sites (tertiary alicyclic amines) is 1. The van der Waals surface area contributed by atoms with E-state index in [-0.39, 0.29) is 35.8 Å². The number of amides is 2. The van der Waals surface area contributed by atoms with Crippen LogP contribution in [0.25, 0.3) is 16.2 Å². The van der Waals surface area contributed by atoms with Gasteiger partial charge in [-0.05, 0) is 64.6 Å². The summed E-state index contributed by atoms with van der Waals surface area (Å²) in [6.45, 7) is 2.69. The van der Waals surface area contributed by atoms with Gasteiger partial charge in [0.25, 0.3) is 0 Å². The van der Waals surface area contributed by atoms with Crippen LogP contribution in [0.3, 0.4) is 0 Å². The lowest BCUT2D eigenvalue weighted by Gasteiger charge is -2.36. The summed E-state index contributed by atoms with van der Waals surface area (Å²) in [7, 11) is 0. The zero-order valence-electron chi connectivity index (χ0n) is 20.0. The summed E-state index contributed by atoms with van der Waals surface area (Å²) in [4.78, 5) is 39.0. The number of halogens is 2. The van der Waals surface area contributed by atoms with Crippen LogP contribution in [0.15, 0.2) is 47.9 Å². The largest absolute Gasteiger partial charge is 0.508 e. The molecule has 1 fully saturated rings. The van der Waals surface area contributed by atoms with Crippen LogP contribution in [-0.4, -0.2) is 46.0 Å². The Bertz CT molecular complexity index is 1350. The van der Waals surface area contributed by atoms with Gasteiger partial charge in [0.05, 0.1) is 27.2 Å². The Labute approximate surface area is 228 Å². The molecule has 37 heavy (non-hydrogen) atoms. The van der Waals surface area contributed by atoms with Crippen molar-refractivity contribution in [1.29, 1.82) is 0 Å². The minimum atomic E-state index is -1.04. The average molecular weight is 561 g/mol. The maximum atomic E-state index is 13.1. The van der Waals surface area contributed by atoms with Crippen LogP contribution >= 0.6 is 34.5 Å². The molecule has 1 saturated heterocycles. The molecule has 2 aromatic carbocycles. The molecule has 3 aromatic rings. The lowest BCUT2D eigenvalue weighted by molar-refractivity contribution is -0.139. The number of aliphatic carboxylic acids is 1. The number of carboxylic acid groups (broad SMARTS) is 1. The van der Waals surface area contributed by atoms with Gasteiger partial charge in [-0.3, -0.25) is 14.4 Å². The van der Waals surface area contributed by atoms with Gasteiger partial charge in [0.15, 0.2) is 0 Å². The number of carbonyl (C=O) groups excluding carboxylic acids is 2. The summed E-state index contributed by atoms with van der Waals surface area (Å²) in [6, 6.07) is 9.21. The Morgan fingerprint density at radius 1 is 1.19 bits per heavy atom. The van der Waals surface area contributed by atoms with Crippen molar-refractivity contribution in [3.05, 3.63) is 69.0 Å². The fourth-order valence-electron chi connectivity index (χ4n) is 4.60. The van der Waals surface area contributed by atoms with Gasteiger partial charge in [-0.2, -0.15) is 0 Å². The molecule has 0 radical (unpaired) electrons. The maximum Gasteiger partial charge on any atom is 0.305 e. The van der Waals surface area contributed by atoms with Crippen LogP contribution < -0.4 is 5.32 Å². The highest BCUT2D eigenvalue weighted by atomic mass is 35.5. The van der Waals surface area contributed by atoms with Crippen LogP contribution in [0, 0.1) is 11.8 Å². The van der Waals surface area contributed by atoms with Crippen molar-refractivity contribution in [2.45, 2.75) is 25.8 Å². The number of carboxylic acids is 1. The number of phenolic OH excluding ortho intramolecular Hbond substituents is 1. The molecule has 3 atom stereocenters. The highest BCUT2D eigenvalue weighted by Gasteiger charge is 2.34. The summed E-state index contributed by atoms with van der Waals surface area (Å²) < 4.78 is 0.903. The van der Waals surface area contributed by atoms with E-state index in [0.29, 0.717) is 40.7 Å². The van der Waals surface area contributed by atoms with Gasteiger partial charge in [0, 0.05) is 25.1 Å². The van der Waals surface area contributed by atoms with Gasteiger partial charge < -0.3 is 20.4 Å². The molecular weight excluding hydrogens is 535 g/mol. The summed E-state index contributed by atoms with van der Waals surface area (Å²) in [5.74, 6) is -1.91. The number of nitrogens with one attached hydrogen (secondary N) is 1. The smallest absolute Gasteiger partial charge is 0.305 e. The van der Waals surface area contributed by atoms with Crippen molar-refractivity contribution in [2.75, 3.05) is 13.1 Å². The molecule has 194 valence electrons. The van der Waals surface area contributed by atoms with Crippen molar-refractivity contribution >= 4 is 68.5 Å². The number of phenols is 1. The van der Waals surface area contributed by atoms with Gasteiger partial charge in [0.2, 0.25) is 11.8 Å². The third-order valence-electron chi connectivity index (χ3n) is 6.60. The number of aromatic hydroxyl groups is 1. The summed E-state index contributed by atoms with van der Waals surface area (Å²) in [5, 5.41) is 25.4. The van der Waals surface area contributed by atoms with E-state index >= 15 is 0 Å². The molecule has 7 nitrogen and oxygen atoms in total. The molecule has 0 spiro atoms. The predicted octanol–water partition coefficient (Wildman–Crippen LogP) is 5.74. The molecule has 2 amide bonds. The van der Waals surface area contributed by atoms with E-state index in [1.807, 2.05) is 24.4 Å². The molecule has 2 unspecified atom stereocenters. The van der Waals surface area contributed by atoms with E-state index in [9.17, 15) is 24.6 Å². The summed E-state index contributed by atoms with van der Waals surface area (Å²) >= 11 is 14.3. The Balaban J connectivity index is 1.39. The van der Waals surface area contributed by atoms with E-state index in [0.717, 1.165) is 10.1 Å². The number of hydrogen-bond acceptors (Lipinski definition) is 5. The second-order valence-electron chi connectivity index (χ2n) is 9.17. The Morgan fingerprint density at radius 3 is 2.59 bits per heavy atom. The van der Waals surface area contributed by atoms with Crippen LogP contribution in [0.5, 0.6) is 5.75 Å². The topological polar surface area (TPSA) is 107 Å². The molecule has 0 bridgehead atoms. The lowest BCUT2D eigenvalue weighted by Crippen LogP contribution is -2.47. The van der Waals surface area contributed by atoms with Crippen molar-refractivity contribution in [3.63, 3.8) is 0 Å². The number of piperidine rings is 1. The molecule has 4 rings (SSSR count). The molecule has 1 aliphatic rings. The summed E-state index contributed by atoms with van der Waals surface area (Å²) in [5.41, 5.74) is 1.25. The van der Waals surface area contributed by atoms with Gasteiger partial charge in [0.1, 0.15) is 5.75 Å². The number of hydrogen-bond donors (Lipinski definition) is 3. The minimum Gasteiger partial charge on any atom is -0.508 e. The normalized spacial score (nSPS) is 18.7. The highest BCUT2D eigenvalue weighted by Crippen LogP contribution is 2.37. The van der Waals surface area contributed by atoms with Crippen LogP contribution in [0.2, 0.25) is 10.0 Å². The van der Waals surface area contributed by atoms with Crippen molar-refractivity contribution < 1.29 is 24.6 Å². The Morgan fingerprint density at radius 2 is 1.92 bits per heavy atom. The first-order valence-electron chi connectivity index (χ1n) is 11.8. The second-order valence-corrected chi connectivity index (χ2v) is 10.8. The van der Waals surface area contributed by atoms with E-state index < -0.39 is 12.0 Å². The van der Waals surface area contributed by atoms with Gasteiger partial charge in [-0.1, -0.05) is 42.3 Å². The van der Waals surface area contributed by atoms with Crippen LogP contribution in [0.4, 0.5) is 0 Å². The predicted molar refractivity (Wildman–Crippen MR) is 146 cm³/mol. The molecule has 1 aliphatic heterocycles. The van der Waals surface area contributed by atoms with Crippen LogP contribution in [-0.2, 0) is 14.4 Å². The number of benzene rings is 2. The zero-order valence-corrected chi connectivity index (χ0v) is 22.3. The molecule has 0 saturated carbocycles. The minimum absolute atomic E-state index is 0.0567. The lowest BCUT2D eigenvalue weighted by atomic mass is 9.85. The van der Waals surface area contributed by atoms with Gasteiger partial charge in [-0.25, -0.2) is 0 Å². The fraction of sp³-hybridized carbons (Fsp3) is 0.296. The molecular formula is C27H26Cl2N2O5S. The molecule has 1 aromatic heterocycles. The number of nitrogens with zero attached hydrogens (tertiary/aromatic N) is 1. The monoisotopic (exact) mass is 560 g/mol. The van der Waals surface area contributed by atoms with E-state index in [1.165, 1.54) is 29.5 Å². The van der Waals surface area contributed by atoms with Gasteiger partial charge in [-0.15, -0.1) is 11.3 Å². The first-order chi connectivity index (χ1) is 17.6. The van der Waals surface area contributed by atoms with Crippen molar-refractivity contribution in [1.82, 2.24) is 10.2 Å². The molecule has 10 heteroatoms. The first-order valence-corrected chi connectivity index (χ1v) is 13.4.